The summed E-state index contributed by atoms with van der Waals surface area (Å²) in [6, 6.07) is 8.38. The second-order valence-electron chi connectivity index (χ2n) is 3.08. The quantitative estimate of drug-likeness (QED) is 0.588. The maximum absolute atomic E-state index is 9.12. The largest absolute Gasteiger partial charge is 0.508 e. The van der Waals surface area contributed by atoms with Crippen LogP contribution in [0, 0.1) is 12.3 Å². The lowest BCUT2D eigenvalue weighted by Gasteiger charge is -2.05. The Kier molecular flexibility index (Phi) is 2.70. The number of rotatable bonds is 2. The van der Waals surface area contributed by atoms with Gasteiger partial charge in [0.15, 0.2) is 0 Å². The summed E-state index contributed by atoms with van der Waals surface area (Å²) in [6.07, 6.45) is 6.78. The predicted molar refractivity (Wildman–Crippen MR) is 61.4 cm³/mol. The average molecular weight is 211 g/mol. The Labute approximate surface area is 93.0 Å². The van der Waals surface area contributed by atoms with E-state index in [1.54, 1.807) is 36.5 Å². The van der Waals surface area contributed by atoms with Crippen molar-refractivity contribution in [2.45, 2.75) is 0 Å². The molecule has 0 unspecified atom stereocenters. The van der Waals surface area contributed by atoms with E-state index in [1.807, 2.05) is 0 Å². The summed E-state index contributed by atoms with van der Waals surface area (Å²) in [4.78, 5) is 7.97. The van der Waals surface area contributed by atoms with Gasteiger partial charge in [-0.2, -0.15) is 0 Å². The van der Waals surface area contributed by atoms with E-state index in [0.717, 1.165) is 5.69 Å². The lowest BCUT2D eigenvalue weighted by atomic mass is 10.3. The Hall–Kier alpha value is -2.54. The molecule has 0 atom stereocenters. The van der Waals surface area contributed by atoms with Crippen LogP contribution in [-0.2, 0) is 0 Å². The first-order chi connectivity index (χ1) is 7.78. The van der Waals surface area contributed by atoms with Crippen LogP contribution in [0.5, 0.6) is 5.75 Å². The SMILES string of the molecule is C#Cc1nccc(Nc2ccc(O)cc2)n1. The summed E-state index contributed by atoms with van der Waals surface area (Å²) in [6.45, 7) is 0. The van der Waals surface area contributed by atoms with Crippen molar-refractivity contribution in [3.63, 3.8) is 0 Å². The van der Waals surface area contributed by atoms with Gasteiger partial charge in [0.1, 0.15) is 11.6 Å². The first-order valence-corrected chi connectivity index (χ1v) is 4.63. The van der Waals surface area contributed by atoms with Crippen LogP contribution in [-0.4, -0.2) is 15.1 Å². The van der Waals surface area contributed by atoms with E-state index < -0.39 is 0 Å². The molecule has 4 heteroatoms. The Morgan fingerprint density at radius 3 is 2.62 bits per heavy atom. The summed E-state index contributed by atoms with van der Waals surface area (Å²) < 4.78 is 0. The topological polar surface area (TPSA) is 58.0 Å². The molecule has 78 valence electrons. The third-order valence-corrected chi connectivity index (χ3v) is 1.92. The molecule has 2 N–H and O–H groups in total. The third-order valence-electron chi connectivity index (χ3n) is 1.92. The molecule has 2 rings (SSSR count). The first-order valence-electron chi connectivity index (χ1n) is 4.63. The zero-order chi connectivity index (χ0) is 11.4. The van der Waals surface area contributed by atoms with Gasteiger partial charge in [-0.3, -0.25) is 0 Å². The number of aromatic nitrogens is 2. The van der Waals surface area contributed by atoms with Crippen molar-refractivity contribution in [2.24, 2.45) is 0 Å². The van der Waals surface area contributed by atoms with Crippen molar-refractivity contribution in [2.75, 3.05) is 5.32 Å². The lowest BCUT2D eigenvalue weighted by Crippen LogP contribution is -1.96. The van der Waals surface area contributed by atoms with Gasteiger partial charge >= 0.3 is 0 Å². The van der Waals surface area contributed by atoms with Crippen molar-refractivity contribution in [3.05, 3.63) is 42.4 Å². The van der Waals surface area contributed by atoms with E-state index in [9.17, 15) is 0 Å². The Morgan fingerprint density at radius 1 is 1.19 bits per heavy atom. The van der Waals surface area contributed by atoms with Crippen LogP contribution >= 0.6 is 0 Å². The number of anilines is 2. The van der Waals surface area contributed by atoms with Crippen LogP contribution in [0.2, 0.25) is 0 Å². The van der Waals surface area contributed by atoms with Crippen LogP contribution in [0.1, 0.15) is 5.82 Å². The highest BCUT2D eigenvalue weighted by molar-refractivity contribution is 5.56. The molecule has 0 aliphatic rings. The van der Waals surface area contributed by atoms with Gasteiger partial charge in [0.05, 0.1) is 0 Å². The molecule has 1 heterocycles. The molecule has 0 aliphatic heterocycles. The number of nitrogens with one attached hydrogen (secondary N) is 1. The number of phenolic OH excluding ortho intramolecular Hbond substituents is 1. The fraction of sp³-hybridized carbons (Fsp3) is 0. The Morgan fingerprint density at radius 2 is 1.94 bits per heavy atom. The molecule has 1 aromatic carbocycles. The molecule has 1 aromatic heterocycles. The van der Waals surface area contributed by atoms with Gasteiger partial charge < -0.3 is 10.4 Å². The van der Waals surface area contributed by atoms with Gasteiger partial charge in [-0.15, -0.1) is 6.42 Å². The van der Waals surface area contributed by atoms with Crippen molar-refractivity contribution in [1.29, 1.82) is 0 Å². The molecule has 2 aromatic rings. The standard InChI is InChI=1S/C12H9N3O/c1-2-11-13-8-7-12(15-11)14-9-3-5-10(16)6-4-9/h1,3-8,16H,(H,13,14,15). The smallest absolute Gasteiger partial charge is 0.206 e. The highest BCUT2D eigenvalue weighted by atomic mass is 16.3. The molecule has 0 amide bonds. The van der Waals surface area contributed by atoms with Crippen LogP contribution in [0.4, 0.5) is 11.5 Å². The van der Waals surface area contributed by atoms with Crippen LogP contribution in [0.15, 0.2) is 36.5 Å². The van der Waals surface area contributed by atoms with Crippen LogP contribution in [0.3, 0.4) is 0 Å². The number of benzene rings is 1. The normalized spacial score (nSPS) is 9.44. The summed E-state index contributed by atoms with van der Waals surface area (Å²) in [5, 5.41) is 12.2. The number of hydrogen-bond acceptors (Lipinski definition) is 4. The maximum Gasteiger partial charge on any atom is 0.206 e. The molecule has 0 aliphatic carbocycles. The predicted octanol–water partition coefficient (Wildman–Crippen LogP) is 1.91. The number of terminal acetylenes is 1. The molecule has 0 saturated carbocycles. The van der Waals surface area contributed by atoms with Crippen molar-refractivity contribution in [3.8, 4) is 18.1 Å². The number of aromatic hydroxyl groups is 1. The van der Waals surface area contributed by atoms with Crippen LogP contribution < -0.4 is 5.32 Å². The van der Waals surface area contributed by atoms with Crippen molar-refractivity contribution >= 4 is 11.5 Å². The van der Waals surface area contributed by atoms with Gasteiger partial charge in [-0.1, -0.05) is 0 Å². The minimum absolute atomic E-state index is 0.220. The Balaban J connectivity index is 2.21. The highest BCUT2D eigenvalue weighted by Gasteiger charge is 1.97. The minimum atomic E-state index is 0.220. The molecule has 0 saturated heterocycles. The van der Waals surface area contributed by atoms with Crippen molar-refractivity contribution in [1.82, 2.24) is 9.97 Å². The fourth-order valence-electron chi connectivity index (χ4n) is 1.19. The van der Waals surface area contributed by atoms with E-state index >= 15 is 0 Å². The van der Waals surface area contributed by atoms with E-state index in [2.05, 4.69) is 21.2 Å². The lowest BCUT2D eigenvalue weighted by molar-refractivity contribution is 0.475. The third kappa shape index (κ3) is 2.28. The second kappa shape index (κ2) is 4.32. The molecular weight excluding hydrogens is 202 g/mol. The summed E-state index contributed by atoms with van der Waals surface area (Å²) in [7, 11) is 0. The fourth-order valence-corrected chi connectivity index (χ4v) is 1.19. The minimum Gasteiger partial charge on any atom is -0.508 e. The molecule has 0 fully saturated rings. The molecule has 4 nitrogen and oxygen atoms in total. The average Bonchev–Trinajstić information content (AvgIpc) is 2.32. The van der Waals surface area contributed by atoms with E-state index in [4.69, 9.17) is 11.5 Å². The zero-order valence-electron chi connectivity index (χ0n) is 8.38. The van der Waals surface area contributed by atoms with E-state index in [0.29, 0.717) is 11.6 Å². The number of nitrogens with zero attached hydrogens (tertiary/aromatic N) is 2. The van der Waals surface area contributed by atoms with Crippen LogP contribution in [0.25, 0.3) is 0 Å². The van der Waals surface area contributed by atoms with E-state index in [1.165, 1.54) is 0 Å². The number of phenols is 1. The van der Waals surface area contributed by atoms with Gasteiger partial charge in [-0.25, -0.2) is 9.97 Å². The summed E-state index contributed by atoms with van der Waals surface area (Å²) >= 11 is 0. The summed E-state index contributed by atoms with van der Waals surface area (Å²) in [5.41, 5.74) is 0.819. The zero-order valence-corrected chi connectivity index (χ0v) is 8.38. The maximum atomic E-state index is 9.12. The highest BCUT2D eigenvalue weighted by Crippen LogP contribution is 2.17. The van der Waals surface area contributed by atoms with Crippen molar-refractivity contribution < 1.29 is 5.11 Å². The molecular formula is C12H9N3O. The summed E-state index contributed by atoms with van der Waals surface area (Å²) in [5.74, 6) is 3.54. The molecule has 0 spiro atoms. The van der Waals surface area contributed by atoms with Gasteiger partial charge in [0.2, 0.25) is 5.82 Å². The van der Waals surface area contributed by atoms with Gasteiger partial charge in [0, 0.05) is 11.9 Å². The molecule has 0 radical (unpaired) electrons. The number of hydrogen-bond donors (Lipinski definition) is 2. The Bertz CT molecular complexity index is 529. The first kappa shape index (κ1) is 9.99. The second-order valence-corrected chi connectivity index (χ2v) is 3.08. The molecule has 16 heavy (non-hydrogen) atoms. The van der Waals surface area contributed by atoms with E-state index in [-0.39, 0.29) is 5.75 Å². The monoisotopic (exact) mass is 211 g/mol. The van der Waals surface area contributed by atoms with Gasteiger partial charge in [0.25, 0.3) is 0 Å². The van der Waals surface area contributed by atoms with Gasteiger partial charge in [-0.05, 0) is 36.3 Å². The molecule has 0 bridgehead atoms.